The molecule has 1 aromatic carbocycles. The number of rotatable bonds is 7. The van der Waals surface area contributed by atoms with Crippen LogP contribution in [0.1, 0.15) is 55.3 Å². The minimum absolute atomic E-state index is 0.252. The molecule has 2 aliphatic heterocycles. The van der Waals surface area contributed by atoms with Crippen molar-refractivity contribution in [3.8, 4) is 0 Å². The van der Waals surface area contributed by atoms with E-state index in [-0.39, 0.29) is 11.3 Å². The van der Waals surface area contributed by atoms with E-state index in [9.17, 15) is 13.2 Å². The summed E-state index contributed by atoms with van der Waals surface area (Å²) in [6.07, 6.45) is 3.98. The number of halogens is 3. The Balaban J connectivity index is 1.53. The molecule has 1 fully saturated rings. The van der Waals surface area contributed by atoms with Gasteiger partial charge in [-0.2, -0.15) is 13.2 Å². The Bertz CT molecular complexity index is 1010. The normalized spacial score (nSPS) is 17.2. The summed E-state index contributed by atoms with van der Waals surface area (Å²) < 4.78 is 43.7. The van der Waals surface area contributed by atoms with Gasteiger partial charge in [-0.3, -0.25) is 0 Å². The van der Waals surface area contributed by atoms with Gasteiger partial charge in [-0.05, 0) is 82.9 Å². The highest BCUT2D eigenvalue weighted by Gasteiger charge is 2.39. The molecule has 0 bridgehead atoms. The average Bonchev–Trinajstić information content (AvgIpc) is 3.31. The zero-order valence-corrected chi connectivity index (χ0v) is 18.5. The second-order valence-electron chi connectivity index (χ2n) is 8.91. The minimum Gasteiger partial charge on any atom is -0.355 e. The Morgan fingerprint density at radius 1 is 1.00 bits per heavy atom. The van der Waals surface area contributed by atoms with E-state index in [0.717, 1.165) is 42.2 Å². The minimum atomic E-state index is -4.42. The fourth-order valence-electron chi connectivity index (χ4n) is 5.08. The van der Waals surface area contributed by atoms with Gasteiger partial charge in [0, 0.05) is 40.1 Å². The SMILES string of the molecule is C=C1C=C(C(F)(F)F)c2c(ccc3c2c(C)c(C)n3CCCCCCN2CCCC2)N1. The van der Waals surface area contributed by atoms with E-state index < -0.39 is 11.7 Å². The Kier molecular flexibility index (Phi) is 6.20. The van der Waals surface area contributed by atoms with Crippen LogP contribution in [-0.4, -0.2) is 35.3 Å². The van der Waals surface area contributed by atoms with Crippen molar-refractivity contribution in [1.82, 2.24) is 9.47 Å². The number of unbranched alkanes of at least 4 members (excludes halogenated alkanes) is 3. The lowest BCUT2D eigenvalue weighted by Gasteiger charge is -2.24. The maximum absolute atomic E-state index is 13.8. The Hall–Kier alpha value is -2.21. The van der Waals surface area contributed by atoms with E-state index in [0.29, 0.717) is 11.1 Å². The number of likely N-dealkylation sites (tertiary alicyclic amines) is 1. The monoisotopic (exact) mass is 431 g/mol. The summed E-state index contributed by atoms with van der Waals surface area (Å²) in [4.78, 5) is 2.55. The topological polar surface area (TPSA) is 20.2 Å². The van der Waals surface area contributed by atoms with Crippen LogP contribution in [0.15, 0.2) is 30.5 Å². The first-order valence-electron chi connectivity index (χ1n) is 11.4. The zero-order valence-electron chi connectivity index (χ0n) is 18.5. The van der Waals surface area contributed by atoms with Gasteiger partial charge in [-0.15, -0.1) is 0 Å². The van der Waals surface area contributed by atoms with Crippen molar-refractivity contribution in [2.45, 2.75) is 65.1 Å². The number of hydrogen-bond donors (Lipinski definition) is 1. The first-order valence-corrected chi connectivity index (χ1v) is 11.4. The summed E-state index contributed by atoms with van der Waals surface area (Å²) in [5.74, 6) is 0. The van der Waals surface area contributed by atoms with Gasteiger partial charge >= 0.3 is 6.18 Å². The molecule has 0 aliphatic carbocycles. The molecule has 2 aliphatic rings. The van der Waals surface area contributed by atoms with Crippen LogP contribution in [0.25, 0.3) is 16.5 Å². The molecule has 4 rings (SSSR count). The van der Waals surface area contributed by atoms with Crippen LogP contribution in [0.2, 0.25) is 0 Å². The lowest BCUT2D eigenvalue weighted by Crippen LogP contribution is -2.20. The van der Waals surface area contributed by atoms with Crippen molar-refractivity contribution in [3.63, 3.8) is 0 Å². The Morgan fingerprint density at radius 3 is 2.35 bits per heavy atom. The third kappa shape index (κ3) is 4.40. The second kappa shape index (κ2) is 8.73. The fourth-order valence-corrected chi connectivity index (χ4v) is 5.08. The van der Waals surface area contributed by atoms with Gasteiger partial charge in [0.05, 0.1) is 5.57 Å². The van der Waals surface area contributed by atoms with E-state index in [2.05, 4.69) is 21.4 Å². The van der Waals surface area contributed by atoms with Crippen LogP contribution in [0.3, 0.4) is 0 Å². The molecule has 0 unspecified atom stereocenters. The highest BCUT2D eigenvalue weighted by atomic mass is 19.4. The van der Waals surface area contributed by atoms with E-state index in [1.54, 1.807) is 6.07 Å². The number of aryl methyl sites for hydroxylation is 2. The molecule has 0 spiro atoms. The van der Waals surface area contributed by atoms with Crippen molar-refractivity contribution in [2.75, 3.05) is 25.0 Å². The van der Waals surface area contributed by atoms with E-state index in [1.165, 1.54) is 45.3 Å². The predicted octanol–water partition coefficient (Wildman–Crippen LogP) is 6.80. The third-order valence-corrected chi connectivity index (χ3v) is 6.79. The molecular formula is C25H32F3N3. The number of hydrogen-bond acceptors (Lipinski definition) is 2. The Labute approximate surface area is 182 Å². The third-order valence-electron chi connectivity index (χ3n) is 6.79. The lowest BCUT2D eigenvalue weighted by atomic mass is 9.93. The number of anilines is 1. The summed E-state index contributed by atoms with van der Waals surface area (Å²) in [7, 11) is 0. The molecule has 0 atom stereocenters. The summed E-state index contributed by atoms with van der Waals surface area (Å²) in [5, 5.41) is 3.72. The van der Waals surface area contributed by atoms with Crippen molar-refractivity contribution >= 4 is 22.2 Å². The van der Waals surface area contributed by atoms with Gasteiger partial charge in [0.2, 0.25) is 0 Å². The molecule has 2 aromatic rings. The van der Waals surface area contributed by atoms with Crippen molar-refractivity contribution < 1.29 is 13.2 Å². The van der Waals surface area contributed by atoms with Crippen LogP contribution in [-0.2, 0) is 6.54 Å². The summed E-state index contributed by atoms with van der Waals surface area (Å²) >= 11 is 0. The lowest BCUT2D eigenvalue weighted by molar-refractivity contribution is -0.0688. The second-order valence-corrected chi connectivity index (χ2v) is 8.91. The average molecular weight is 432 g/mol. The molecule has 0 saturated carbocycles. The molecule has 1 N–H and O–H groups in total. The first kappa shape index (κ1) is 22.0. The van der Waals surface area contributed by atoms with Crippen molar-refractivity contribution in [3.05, 3.63) is 47.3 Å². The molecular weight excluding hydrogens is 399 g/mol. The van der Waals surface area contributed by atoms with E-state index in [1.807, 2.05) is 19.9 Å². The van der Waals surface area contributed by atoms with E-state index in [4.69, 9.17) is 0 Å². The highest BCUT2D eigenvalue weighted by Crippen LogP contribution is 2.46. The first-order chi connectivity index (χ1) is 14.8. The molecule has 3 heterocycles. The van der Waals surface area contributed by atoms with Crippen molar-refractivity contribution in [2.24, 2.45) is 0 Å². The standard InChI is InChI=1S/C25H32F3N3/c1-17-16-20(25(26,27)28)24-21(29-17)10-11-22-23(24)18(2)19(3)31(22)15-7-5-4-6-12-30-13-8-9-14-30/h10-11,16,29H,1,4-9,12-15H2,2-3H3. The van der Waals surface area contributed by atoms with Gasteiger partial charge < -0.3 is 14.8 Å². The van der Waals surface area contributed by atoms with Gasteiger partial charge in [0.15, 0.2) is 0 Å². The predicted molar refractivity (Wildman–Crippen MR) is 122 cm³/mol. The molecule has 1 saturated heterocycles. The number of aromatic nitrogens is 1. The number of nitrogens with one attached hydrogen (secondary N) is 1. The Morgan fingerprint density at radius 2 is 1.68 bits per heavy atom. The van der Waals surface area contributed by atoms with Crippen molar-refractivity contribution in [1.29, 1.82) is 0 Å². The van der Waals surface area contributed by atoms with Crippen LogP contribution >= 0.6 is 0 Å². The van der Waals surface area contributed by atoms with Gasteiger partial charge in [-0.25, -0.2) is 0 Å². The molecule has 6 heteroatoms. The quantitative estimate of drug-likeness (QED) is 0.487. The molecule has 1 aromatic heterocycles. The van der Waals surface area contributed by atoms with Gasteiger partial charge in [-0.1, -0.05) is 19.4 Å². The number of nitrogens with zero attached hydrogens (tertiary/aromatic N) is 2. The largest absolute Gasteiger partial charge is 0.417 e. The van der Waals surface area contributed by atoms with Crippen LogP contribution in [0, 0.1) is 13.8 Å². The van der Waals surface area contributed by atoms with Crippen LogP contribution in [0.4, 0.5) is 18.9 Å². The molecule has 0 radical (unpaired) electrons. The molecule has 3 nitrogen and oxygen atoms in total. The summed E-state index contributed by atoms with van der Waals surface area (Å²) in [6, 6.07) is 3.70. The smallest absolute Gasteiger partial charge is 0.355 e. The molecule has 168 valence electrons. The maximum atomic E-state index is 13.8. The van der Waals surface area contributed by atoms with Gasteiger partial charge in [0.25, 0.3) is 0 Å². The molecule has 31 heavy (non-hydrogen) atoms. The maximum Gasteiger partial charge on any atom is 0.417 e. The molecule has 0 amide bonds. The van der Waals surface area contributed by atoms with Crippen LogP contribution in [0.5, 0.6) is 0 Å². The summed E-state index contributed by atoms with van der Waals surface area (Å²) in [5.41, 5.74) is 3.24. The van der Waals surface area contributed by atoms with E-state index >= 15 is 0 Å². The van der Waals surface area contributed by atoms with Crippen LogP contribution < -0.4 is 5.32 Å². The number of alkyl halides is 3. The van der Waals surface area contributed by atoms with Gasteiger partial charge in [0.1, 0.15) is 0 Å². The number of allylic oxidation sites excluding steroid dienone is 2. The zero-order chi connectivity index (χ0) is 22.2. The number of fused-ring (bicyclic) bond motifs is 3. The highest BCUT2D eigenvalue weighted by molar-refractivity contribution is 6.04. The number of benzene rings is 1. The summed E-state index contributed by atoms with van der Waals surface area (Å²) in [6.45, 7) is 12.2. The fraction of sp³-hybridized carbons (Fsp3) is 0.520.